The summed E-state index contributed by atoms with van der Waals surface area (Å²) in [5.74, 6) is -1.18. The summed E-state index contributed by atoms with van der Waals surface area (Å²) < 4.78 is 0. The molecule has 2 aromatic rings. The third-order valence-electron chi connectivity index (χ3n) is 4.38. The second kappa shape index (κ2) is 8.57. The molecule has 0 bridgehead atoms. The number of allylic oxidation sites excluding steroid dienone is 2. The summed E-state index contributed by atoms with van der Waals surface area (Å²) >= 11 is 5.17. The summed E-state index contributed by atoms with van der Waals surface area (Å²) in [5, 5.41) is 13.6. The second-order valence-corrected chi connectivity index (χ2v) is 6.56. The van der Waals surface area contributed by atoms with E-state index in [0.29, 0.717) is 11.3 Å². The molecule has 2 amide bonds. The molecule has 1 heterocycles. The van der Waals surface area contributed by atoms with Crippen molar-refractivity contribution in [3.63, 3.8) is 0 Å². The van der Waals surface area contributed by atoms with Crippen LogP contribution in [0.25, 0.3) is 6.08 Å². The molecule has 0 radical (unpaired) electrons. The number of nitro groups is 1. The summed E-state index contributed by atoms with van der Waals surface area (Å²) in [5.41, 5.74) is 1.83. The number of carbonyl (C=O) groups is 2. The summed E-state index contributed by atoms with van der Waals surface area (Å²) in [6, 6.07) is 13.5. The molecule has 2 aromatic carbocycles. The number of aryl methyl sites for hydroxylation is 1. The molecule has 0 unspecified atom stereocenters. The first-order valence-electron chi connectivity index (χ1n) is 8.83. The van der Waals surface area contributed by atoms with Crippen molar-refractivity contribution in [3.8, 4) is 0 Å². The molecule has 1 aliphatic rings. The van der Waals surface area contributed by atoms with Crippen LogP contribution in [0.2, 0.25) is 0 Å². The highest BCUT2D eigenvalue weighted by Gasteiger charge is 2.34. The summed E-state index contributed by atoms with van der Waals surface area (Å²) in [4.78, 5) is 37.0. The van der Waals surface area contributed by atoms with Gasteiger partial charge in [0.05, 0.1) is 16.2 Å². The van der Waals surface area contributed by atoms with Crippen LogP contribution in [0.4, 0.5) is 11.4 Å². The van der Waals surface area contributed by atoms with E-state index >= 15 is 0 Å². The number of anilines is 1. The van der Waals surface area contributed by atoms with Crippen molar-refractivity contribution in [2.45, 2.75) is 13.3 Å². The first-order chi connectivity index (χ1) is 13.9. The van der Waals surface area contributed by atoms with Crippen LogP contribution in [0, 0.1) is 10.1 Å². The van der Waals surface area contributed by atoms with Gasteiger partial charge in [-0.3, -0.25) is 29.9 Å². The highest BCUT2D eigenvalue weighted by Crippen LogP contribution is 2.22. The Labute approximate surface area is 172 Å². The Kier molecular flexibility index (Phi) is 5.94. The molecule has 0 aliphatic carbocycles. The maximum absolute atomic E-state index is 12.9. The van der Waals surface area contributed by atoms with Gasteiger partial charge in [-0.25, -0.2) is 0 Å². The lowest BCUT2D eigenvalue weighted by molar-refractivity contribution is -0.385. The number of hydrogen-bond donors (Lipinski definition) is 1. The molecule has 0 saturated carbocycles. The van der Waals surface area contributed by atoms with Gasteiger partial charge in [0, 0.05) is 6.07 Å². The van der Waals surface area contributed by atoms with E-state index in [1.807, 2.05) is 19.1 Å². The third kappa shape index (κ3) is 4.27. The fourth-order valence-corrected chi connectivity index (χ4v) is 3.12. The van der Waals surface area contributed by atoms with Crippen molar-refractivity contribution in [2.75, 3.05) is 4.90 Å². The standard InChI is InChI=1S/C21H17N3O4S/c1-2-14-10-12-16(13-11-14)23-20(26)17(19(25)22-21(23)29)8-5-7-15-6-3-4-9-18(15)24(27)28/h3-13H,2H2,1H3,(H,22,25,29)/b7-5+,17-8+. The molecule has 8 heteroatoms. The molecular formula is C21H17N3O4S. The Morgan fingerprint density at radius 3 is 2.48 bits per heavy atom. The van der Waals surface area contributed by atoms with Gasteiger partial charge >= 0.3 is 0 Å². The number of amides is 2. The van der Waals surface area contributed by atoms with Crippen LogP contribution in [-0.2, 0) is 16.0 Å². The van der Waals surface area contributed by atoms with Gasteiger partial charge in [-0.15, -0.1) is 0 Å². The smallest absolute Gasteiger partial charge is 0.276 e. The molecule has 3 rings (SSSR count). The van der Waals surface area contributed by atoms with Crippen molar-refractivity contribution < 1.29 is 14.5 Å². The van der Waals surface area contributed by atoms with E-state index in [2.05, 4.69) is 5.32 Å². The predicted molar refractivity (Wildman–Crippen MR) is 114 cm³/mol. The molecule has 7 nitrogen and oxygen atoms in total. The minimum atomic E-state index is -0.617. The molecule has 1 fully saturated rings. The van der Waals surface area contributed by atoms with Crippen LogP contribution in [-0.4, -0.2) is 21.9 Å². The lowest BCUT2D eigenvalue weighted by Crippen LogP contribution is -2.54. The molecule has 29 heavy (non-hydrogen) atoms. The Hall–Kier alpha value is -3.65. The lowest BCUT2D eigenvalue weighted by Gasteiger charge is -2.28. The number of thiocarbonyl (C=S) groups is 1. The molecule has 1 aliphatic heterocycles. The van der Waals surface area contributed by atoms with Crippen molar-refractivity contribution in [1.29, 1.82) is 0 Å². The highest BCUT2D eigenvalue weighted by atomic mass is 32.1. The Morgan fingerprint density at radius 1 is 1.14 bits per heavy atom. The highest BCUT2D eigenvalue weighted by molar-refractivity contribution is 7.80. The second-order valence-electron chi connectivity index (χ2n) is 6.18. The van der Waals surface area contributed by atoms with Gasteiger partial charge in [0.1, 0.15) is 5.57 Å². The van der Waals surface area contributed by atoms with Crippen LogP contribution in [0.3, 0.4) is 0 Å². The molecule has 146 valence electrons. The van der Waals surface area contributed by atoms with Gasteiger partial charge in [-0.1, -0.05) is 37.3 Å². The summed E-state index contributed by atoms with van der Waals surface area (Å²) in [6.45, 7) is 2.02. The molecule has 1 saturated heterocycles. The number of nitrogens with one attached hydrogen (secondary N) is 1. The van der Waals surface area contributed by atoms with Gasteiger partial charge in [-0.2, -0.15) is 0 Å². The maximum atomic E-state index is 12.9. The SMILES string of the molecule is CCc1ccc(N2C(=O)/C(=C/C=C/c3ccccc3[N+](=O)[O-])C(=O)NC2=S)cc1. The average molecular weight is 407 g/mol. The van der Waals surface area contributed by atoms with E-state index in [1.54, 1.807) is 30.3 Å². The Balaban J connectivity index is 1.90. The third-order valence-corrected chi connectivity index (χ3v) is 4.66. The van der Waals surface area contributed by atoms with E-state index in [0.717, 1.165) is 12.0 Å². The monoisotopic (exact) mass is 407 g/mol. The topological polar surface area (TPSA) is 92.6 Å². The molecule has 1 N–H and O–H groups in total. The number of nitro benzene ring substituents is 1. The summed E-state index contributed by atoms with van der Waals surface area (Å²) in [6.07, 6.45) is 5.08. The Morgan fingerprint density at radius 2 is 1.83 bits per heavy atom. The van der Waals surface area contributed by atoms with Crippen LogP contribution >= 0.6 is 12.2 Å². The number of rotatable bonds is 5. The fraction of sp³-hybridized carbons (Fsp3) is 0.0952. The normalized spacial score (nSPS) is 15.8. The zero-order valence-corrected chi connectivity index (χ0v) is 16.3. The number of benzene rings is 2. The van der Waals surface area contributed by atoms with Crippen molar-refractivity contribution in [3.05, 3.63) is 87.5 Å². The van der Waals surface area contributed by atoms with Crippen molar-refractivity contribution in [1.82, 2.24) is 5.32 Å². The molecule has 0 spiro atoms. The first-order valence-corrected chi connectivity index (χ1v) is 9.23. The van der Waals surface area contributed by atoms with Crippen molar-refractivity contribution >= 4 is 46.6 Å². The van der Waals surface area contributed by atoms with E-state index < -0.39 is 16.7 Å². The molecular weight excluding hydrogens is 390 g/mol. The van der Waals surface area contributed by atoms with E-state index in [1.165, 1.54) is 29.2 Å². The largest absolute Gasteiger partial charge is 0.298 e. The minimum Gasteiger partial charge on any atom is -0.298 e. The van der Waals surface area contributed by atoms with Gasteiger partial charge in [0.25, 0.3) is 17.5 Å². The van der Waals surface area contributed by atoms with E-state index in [-0.39, 0.29) is 16.4 Å². The fourth-order valence-electron chi connectivity index (χ4n) is 2.84. The van der Waals surface area contributed by atoms with Crippen LogP contribution < -0.4 is 10.2 Å². The number of para-hydroxylation sites is 1. The van der Waals surface area contributed by atoms with Gasteiger partial charge in [0.2, 0.25) is 0 Å². The number of carbonyl (C=O) groups excluding carboxylic acids is 2. The van der Waals surface area contributed by atoms with Crippen LogP contribution in [0.5, 0.6) is 0 Å². The lowest BCUT2D eigenvalue weighted by atomic mass is 10.1. The van der Waals surface area contributed by atoms with Crippen molar-refractivity contribution in [2.24, 2.45) is 0 Å². The van der Waals surface area contributed by atoms with Gasteiger partial charge in [-0.05, 0) is 54.6 Å². The maximum Gasteiger partial charge on any atom is 0.276 e. The van der Waals surface area contributed by atoms with Crippen LogP contribution in [0.1, 0.15) is 18.1 Å². The van der Waals surface area contributed by atoms with E-state index in [9.17, 15) is 19.7 Å². The van der Waals surface area contributed by atoms with Crippen LogP contribution in [0.15, 0.2) is 66.3 Å². The zero-order chi connectivity index (χ0) is 21.0. The number of nitrogens with zero attached hydrogens (tertiary/aromatic N) is 2. The molecule has 0 atom stereocenters. The predicted octanol–water partition coefficient (Wildman–Crippen LogP) is 3.54. The zero-order valence-electron chi connectivity index (χ0n) is 15.5. The van der Waals surface area contributed by atoms with Gasteiger partial charge in [0.15, 0.2) is 5.11 Å². The van der Waals surface area contributed by atoms with Gasteiger partial charge < -0.3 is 0 Å². The average Bonchev–Trinajstić information content (AvgIpc) is 2.71. The van der Waals surface area contributed by atoms with E-state index in [4.69, 9.17) is 12.2 Å². The summed E-state index contributed by atoms with van der Waals surface area (Å²) in [7, 11) is 0. The quantitative estimate of drug-likeness (QED) is 0.269. The number of hydrogen-bond acceptors (Lipinski definition) is 5. The molecule has 0 aromatic heterocycles. The Bertz CT molecular complexity index is 1060. The minimum absolute atomic E-state index is 0.00377. The first kappa shape index (κ1) is 20.1.